The van der Waals surface area contributed by atoms with Gasteiger partial charge in [0.1, 0.15) is 0 Å². The Kier molecular flexibility index (Phi) is 2.41. The highest BCUT2D eigenvalue weighted by atomic mass is 32.2. The molecule has 1 fully saturated rings. The molecule has 1 atom stereocenters. The van der Waals surface area contributed by atoms with Gasteiger partial charge in [0.25, 0.3) is 0 Å². The first kappa shape index (κ1) is 10.7. The van der Waals surface area contributed by atoms with Crippen molar-refractivity contribution in [2.75, 3.05) is 19.3 Å². The van der Waals surface area contributed by atoms with Crippen LogP contribution in [0.25, 0.3) is 0 Å². The van der Waals surface area contributed by atoms with Crippen LogP contribution in [0.4, 0.5) is 0 Å². The zero-order valence-corrected chi connectivity index (χ0v) is 9.89. The zero-order valence-electron chi connectivity index (χ0n) is 9.08. The molecule has 86 valence electrons. The third-order valence-electron chi connectivity index (χ3n) is 3.08. The molecule has 1 unspecified atom stereocenters. The molecule has 0 saturated heterocycles. The van der Waals surface area contributed by atoms with Crippen LogP contribution in [-0.4, -0.2) is 44.5 Å². The second-order valence-electron chi connectivity index (χ2n) is 4.54. The number of aliphatic imine (C=N–C) groups is 1. The Morgan fingerprint density at radius 2 is 2.27 bits per heavy atom. The van der Waals surface area contributed by atoms with Crippen LogP contribution in [0.15, 0.2) is 4.99 Å². The van der Waals surface area contributed by atoms with Crippen LogP contribution < -0.4 is 10.6 Å². The van der Waals surface area contributed by atoms with Crippen molar-refractivity contribution in [1.29, 1.82) is 0 Å². The van der Waals surface area contributed by atoms with Gasteiger partial charge in [0, 0.05) is 18.8 Å². The molecule has 0 amide bonds. The summed E-state index contributed by atoms with van der Waals surface area (Å²) in [5.74, 6) is 0.734. The van der Waals surface area contributed by atoms with Gasteiger partial charge in [0.05, 0.1) is 11.3 Å². The van der Waals surface area contributed by atoms with E-state index >= 15 is 0 Å². The lowest BCUT2D eigenvalue weighted by Gasteiger charge is -2.15. The summed E-state index contributed by atoms with van der Waals surface area (Å²) in [7, 11) is -2.94. The Morgan fingerprint density at radius 3 is 2.67 bits per heavy atom. The number of hydrogen-bond donors (Lipinski definition) is 2. The standard InChI is InChI=1S/C9H17N3O2S/c1-7-5-10-8(12-7)11-6-9(3-4-9)15(2,13)14/h7H,3-6H2,1-2H3,(H2,10,11,12). The monoisotopic (exact) mass is 231 g/mol. The molecule has 1 aliphatic heterocycles. The molecule has 6 heteroatoms. The molecule has 1 saturated carbocycles. The molecule has 5 nitrogen and oxygen atoms in total. The molecule has 0 radical (unpaired) electrons. The number of guanidine groups is 1. The van der Waals surface area contributed by atoms with Crippen molar-refractivity contribution in [2.45, 2.75) is 30.6 Å². The summed E-state index contributed by atoms with van der Waals surface area (Å²) in [4.78, 5) is 4.23. The fourth-order valence-electron chi connectivity index (χ4n) is 1.72. The van der Waals surface area contributed by atoms with Crippen molar-refractivity contribution in [3.05, 3.63) is 0 Å². The summed E-state index contributed by atoms with van der Waals surface area (Å²) in [6.45, 7) is 3.28. The molecule has 2 N–H and O–H groups in total. The van der Waals surface area contributed by atoms with E-state index in [0.717, 1.165) is 25.3 Å². The number of nitrogens with zero attached hydrogens (tertiary/aromatic N) is 1. The normalized spacial score (nSPS) is 28.1. The second kappa shape index (κ2) is 3.37. The van der Waals surface area contributed by atoms with Crippen molar-refractivity contribution in [3.63, 3.8) is 0 Å². The fraction of sp³-hybridized carbons (Fsp3) is 0.889. The van der Waals surface area contributed by atoms with Crippen LogP contribution in [0, 0.1) is 0 Å². The smallest absolute Gasteiger partial charge is 0.191 e. The Morgan fingerprint density at radius 1 is 1.60 bits per heavy atom. The Bertz CT molecular complexity index is 384. The molecule has 2 rings (SSSR count). The lowest BCUT2D eigenvalue weighted by molar-refractivity contribution is 0.579. The lowest BCUT2D eigenvalue weighted by Crippen LogP contribution is -2.43. The van der Waals surface area contributed by atoms with Crippen molar-refractivity contribution in [2.24, 2.45) is 4.99 Å². The van der Waals surface area contributed by atoms with Gasteiger partial charge >= 0.3 is 0 Å². The van der Waals surface area contributed by atoms with Crippen molar-refractivity contribution in [3.8, 4) is 0 Å². The largest absolute Gasteiger partial charge is 0.355 e. The average molecular weight is 231 g/mol. The summed E-state index contributed by atoms with van der Waals surface area (Å²) in [5, 5.41) is 6.23. The number of rotatable bonds is 3. The lowest BCUT2D eigenvalue weighted by atomic mass is 10.4. The highest BCUT2D eigenvalue weighted by molar-refractivity contribution is 7.92. The summed E-state index contributed by atoms with van der Waals surface area (Å²) in [6.07, 6.45) is 2.84. The highest BCUT2D eigenvalue weighted by Crippen LogP contribution is 2.42. The predicted molar refractivity (Wildman–Crippen MR) is 59.7 cm³/mol. The van der Waals surface area contributed by atoms with Crippen LogP contribution in [0.2, 0.25) is 0 Å². The number of nitrogens with one attached hydrogen (secondary N) is 2. The molecule has 0 aromatic heterocycles. The minimum atomic E-state index is -2.94. The van der Waals surface area contributed by atoms with E-state index in [1.165, 1.54) is 6.26 Å². The third kappa shape index (κ3) is 2.09. The summed E-state index contributed by atoms with van der Waals surface area (Å²) >= 11 is 0. The summed E-state index contributed by atoms with van der Waals surface area (Å²) < 4.78 is 22.4. The Labute approximate surface area is 90.3 Å². The number of hydrogen-bond acceptors (Lipinski definition) is 5. The van der Waals surface area contributed by atoms with Gasteiger partial charge in [-0.15, -0.1) is 0 Å². The average Bonchev–Trinajstić information content (AvgIpc) is 2.82. The van der Waals surface area contributed by atoms with Crippen LogP contribution >= 0.6 is 0 Å². The maximum absolute atomic E-state index is 11.5. The molecule has 0 bridgehead atoms. The van der Waals surface area contributed by atoms with Crippen LogP contribution in [-0.2, 0) is 9.84 Å². The van der Waals surface area contributed by atoms with Gasteiger partial charge in [-0.05, 0) is 19.8 Å². The topological polar surface area (TPSA) is 70.6 Å². The molecule has 15 heavy (non-hydrogen) atoms. The van der Waals surface area contributed by atoms with Crippen molar-refractivity contribution in [1.82, 2.24) is 10.6 Å². The van der Waals surface area contributed by atoms with Crippen molar-refractivity contribution >= 4 is 15.8 Å². The second-order valence-corrected chi connectivity index (χ2v) is 6.95. The van der Waals surface area contributed by atoms with Crippen molar-refractivity contribution < 1.29 is 8.42 Å². The first-order chi connectivity index (χ1) is 6.93. The van der Waals surface area contributed by atoms with Crippen LogP contribution in [0.5, 0.6) is 0 Å². The van der Waals surface area contributed by atoms with E-state index in [9.17, 15) is 8.42 Å². The van der Waals surface area contributed by atoms with Gasteiger partial charge in [-0.1, -0.05) is 0 Å². The van der Waals surface area contributed by atoms with Crippen LogP contribution in [0.3, 0.4) is 0 Å². The predicted octanol–water partition coefficient (Wildman–Crippen LogP) is -0.499. The Hall–Kier alpha value is -0.780. The molecule has 2 aliphatic rings. The van der Waals surface area contributed by atoms with Gasteiger partial charge < -0.3 is 10.6 Å². The minimum Gasteiger partial charge on any atom is -0.355 e. The van der Waals surface area contributed by atoms with Gasteiger partial charge in [-0.25, -0.2) is 8.42 Å². The van der Waals surface area contributed by atoms with Gasteiger partial charge in [0.2, 0.25) is 0 Å². The van der Waals surface area contributed by atoms with Crippen LogP contribution in [0.1, 0.15) is 19.8 Å². The molecule has 0 spiro atoms. The molecule has 0 aromatic carbocycles. The summed E-state index contributed by atoms with van der Waals surface area (Å²) in [5.41, 5.74) is 0. The fourth-order valence-corrected chi connectivity index (χ4v) is 2.90. The first-order valence-corrected chi connectivity index (χ1v) is 7.07. The van der Waals surface area contributed by atoms with Gasteiger partial charge in [0.15, 0.2) is 15.8 Å². The van der Waals surface area contributed by atoms with E-state index in [-0.39, 0.29) is 0 Å². The highest BCUT2D eigenvalue weighted by Gasteiger charge is 2.52. The molecule has 1 aliphatic carbocycles. The van der Waals surface area contributed by atoms with E-state index in [1.807, 2.05) is 6.92 Å². The first-order valence-electron chi connectivity index (χ1n) is 5.17. The maximum Gasteiger partial charge on any atom is 0.191 e. The van der Waals surface area contributed by atoms with E-state index in [4.69, 9.17) is 0 Å². The van der Waals surface area contributed by atoms with E-state index in [1.54, 1.807) is 0 Å². The number of sulfone groups is 1. The SMILES string of the molecule is CC1CN=C(NCC2(S(C)(=O)=O)CC2)N1. The van der Waals surface area contributed by atoms with Gasteiger partial charge in [-0.3, -0.25) is 4.99 Å². The molecule has 0 aromatic rings. The van der Waals surface area contributed by atoms with E-state index in [0.29, 0.717) is 12.6 Å². The molecule has 1 heterocycles. The summed E-state index contributed by atoms with van der Waals surface area (Å²) in [6, 6.07) is 0.348. The zero-order chi connectivity index (χ0) is 11.1. The maximum atomic E-state index is 11.5. The van der Waals surface area contributed by atoms with E-state index < -0.39 is 14.6 Å². The third-order valence-corrected chi connectivity index (χ3v) is 5.20. The quantitative estimate of drug-likeness (QED) is 0.687. The molecular formula is C9H17N3O2S. The minimum absolute atomic E-state index is 0.348. The van der Waals surface area contributed by atoms with E-state index in [2.05, 4.69) is 15.6 Å². The van der Waals surface area contributed by atoms with Gasteiger partial charge in [-0.2, -0.15) is 0 Å². The molecular weight excluding hydrogens is 214 g/mol. The Balaban J connectivity index is 1.90.